The van der Waals surface area contributed by atoms with Crippen molar-refractivity contribution in [1.82, 2.24) is 10.3 Å². The summed E-state index contributed by atoms with van der Waals surface area (Å²) in [5, 5.41) is 6.44. The first-order valence-corrected chi connectivity index (χ1v) is 8.12. The van der Waals surface area contributed by atoms with E-state index in [9.17, 15) is 4.79 Å². The Morgan fingerprint density at radius 3 is 2.90 bits per heavy atom. The van der Waals surface area contributed by atoms with Crippen molar-refractivity contribution < 1.29 is 4.79 Å². The van der Waals surface area contributed by atoms with Gasteiger partial charge in [-0.1, -0.05) is 24.3 Å². The van der Waals surface area contributed by atoms with Crippen LogP contribution in [0.15, 0.2) is 24.3 Å². The van der Waals surface area contributed by atoms with E-state index in [1.54, 1.807) is 11.3 Å². The summed E-state index contributed by atoms with van der Waals surface area (Å²) in [4.78, 5) is 17.8. The Balaban J connectivity index is 1.57. The summed E-state index contributed by atoms with van der Waals surface area (Å²) in [6, 6.07) is 7.86. The number of urea groups is 1. The normalized spacial score (nSPS) is 13.6. The minimum absolute atomic E-state index is 0.190. The first-order chi connectivity index (χ1) is 10.2. The number of carbonyl (C=O) groups is 1. The number of thiazole rings is 1. The van der Waals surface area contributed by atoms with Gasteiger partial charge < -0.3 is 5.32 Å². The third kappa shape index (κ3) is 3.42. The molecule has 3 rings (SSSR count). The Morgan fingerprint density at radius 2 is 2.10 bits per heavy atom. The van der Waals surface area contributed by atoms with Gasteiger partial charge in [0.1, 0.15) is 0 Å². The lowest BCUT2D eigenvalue weighted by atomic mass is 10.0. The largest absolute Gasteiger partial charge is 0.334 e. The fourth-order valence-corrected chi connectivity index (χ4v) is 3.58. The standard InChI is InChI=1S/C16H19N3OS/c1-11-6-2-3-7-12(11)10-17-15(20)19-16-18-13-8-4-5-9-14(13)21-16/h2-3,6-7H,4-5,8-10H2,1H3,(H2,17,18,19,20). The Hall–Kier alpha value is -1.88. The molecule has 0 saturated carbocycles. The molecular weight excluding hydrogens is 282 g/mol. The summed E-state index contributed by atoms with van der Waals surface area (Å²) in [6.07, 6.45) is 4.57. The molecule has 1 heterocycles. The minimum Gasteiger partial charge on any atom is -0.334 e. The number of benzene rings is 1. The Labute approximate surface area is 128 Å². The zero-order valence-electron chi connectivity index (χ0n) is 12.1. The van der Waals surface area contributed by atoms with Gasteiger partial charge in [-0.05, 0) is 43.7 Å². The molecule has 5 heteroatoms. The van der Waals surface area contributed by atoms with Crippen LogP contribution in [-0.2, 0) is 19.4 Å². The molecule has 0 atom stereocenters. The summed E-state index contributed by atoms with van der Waals surface area (Å²) in [5.74, 6) is 0. The van der Waals surface area contributed by atoms with Gasteiger partial charge in [0.05, 0.1) is 5.69 Å². The molecule has 4 nitrogen and oxygen atoms in total. The fraction of sp³-hybridized carbons (Fsp3) is 0.375. The van der Waals surface area contributed by atoms with Crippen molar-refractivity contribution in [2.75, 3.05) is 5.32 Å². The zero-order chi connectivity index (χ0) is 14.7. The molecule has 1 aromatic carbocycles. The molecule has 2 amide bonds. The van der Waals surface area contributed by atoms with Crippen molar-refractivity contribution in [1.29, 1.82) is 0 Å². The van der Waals surface area contributed by atoms with Crippen LogP contribution < -0.4 is 10.6 Å². The number of carbonyl (C=O) groups excluding carboxylic acids is 1. The van der Waals surface area contributed by atoms with E-state index in [1.807, 2.05) is 31.2 Å². The number of aryl methyl sites for hydroxylation is 3. The highest BCUT2D eigenvalue weighted by atomic mass is 32.1. The SMILES string of the molecule is Cc1ccccc1CNC(=O)Nc1nc2c(s1)CCCC2. The molecule has 2 aromatic rings. The van der Waals surface area contributed by atoms with Crippen LogP contribution >= 0.6 is 11.3 Å². The first kappa shape index (κ1) is 14.1. The third-order valence-corrected chi connectivity index (χ3v) is 4.84. The summed E-state index contributed by atoms with van der Waals surface area (Å²) < 4.78 is 0. The van der Waals surface area contributed by atoms with E-state index in [4.69, 9.17) is 0 Å². The molecule has 21 heavy (non-hydrogen) atoms. The maximum absolute atomic E-state index is 12.0. The average molecular weight is 301 g/mol. The van der Waals surface area contributed by atoms with Crippen LogP contribution in [-0.4, -0.2) is 11.0 Å². The van der Waals surface area contributed by atoms with E-state index in [-0.39, 0.29) is 6.03 Å². The van der Waals surface area contributed by atoms with Crippen molar-refractivity contribution in [3.8, 4) is 0 Å². The number of fused-ring (bicyclic) bond motifs is 1. The number of nitrogens with zero attached hydrogens (tertiary/aromatic N) is 1. The van der Waals surface area contributed by atoms with Crippen LogP contribution in [0.4, 0.5) is 9.93 Å². The van der Waals surface area contributed by atoms with Crippen molar-refractivity contribution in [3.63, 3.8) is 0 Å². The Morgan fingerprint density at radius 1 is 1.29 bits per heavy atom. The predicted octanol–water partition coefficient (Wildman–Crippen LogP) is 3.65. The number of aromatic nitrogens is 1. The zero-order valence-corrected chi connectivity index (χ0v) is 12.9. The molecule has 0 unspecified atom stereocenters. The van der Waals surface area contributed by atoms with Crippen LogP contribution in [0.25, 0.3) is 0 Å². The van der Waals surface area contributed by atoms with E-state index in [2.05, 4.69) is 15.6 Å². The van der Waals surface area contributed by atoms with E-state index in [1.165, 1.54) is 29.0 Å². The number of hydrogen-bond donors (Lipinski definition) is 2. The maximum atomic E-state index is 12.0. The molecule has 1 aliphatic rings. The van der Waals surface area contributed by atoms with Gasteiger partial charge in [0.25, 0.3) is 0 Å². The van der Waals surface area contributed by atoms with Gasteiger partial charge in [-0.3, -0.25) is 5.32 Å². The number of amides is 2. The van der Waals surface area contributed by atoms with Gasteiger partial charge in [-0.2, -0.15) is 0 Å². The van der Waals surface area contributed by atoms with Crippen LogP contribution in [0.5, 0.6) is 0 Å². The van der Waals surface area contributed by atoms with Crippen molar-refractivity contribution in [2.45, 2.75) is 39.2 Å². The summed E-state index contributed by atoms with van der Waals surface area (Å²) in [5.41, 5.74) is 3.48. The lowest BCUT2D eigenvalue weighted by Gasteiger charge is -2.07. The lowest BCUT2D eigenvalue weighted by Crippen LogP contribution is -2.28. The summed E-state index contributed by atoms with van der Waals surface area (Å²) in [6.45, 7) is 2.58. The number of hydrogen-bond acceptors (Lipinski definition) is 3. The van der Waals surface area contributed by atoms with E-state index < -0.39 is 0 Å². The number of nitrogens with one attached hydrogen (secondary N) is 2. The van der Waals surface area contributed by atoms with Crippen molar-refractivity contribution in [3.05, 3.63) is 46.0 Å². The average Bonchev–Trinajstić information content (AvgIpc) is 2.88. The molecule has 0 bridgehead atoms. The first-order valence-electron chi connectivity index (χ1n) is 7.30. The topological polar surface area (TPSA) is 54.0 Å². The minimum atomic E-state index is -0.190. The van der Waals surface area contributed by atoms with Gasteiger partial charge >= 0.3 is 6.03 Å². The molecule has 0 radical (unpaired) electrons. The van der Waals surface area contributed by atoms with Crippen LogP contribution in [0.2, 0.25) is 0 Å². The number of rotatable bonds is 3. The molecule has 2 N–H and O–H groups in total. The molecule has 0 spiro atoms. The van der Waals surface area contributed by atoms with Gasteiger partial charge in [-0.15, -0.1) is 11.3 Å². The molecule has 110 valence electrons. The van der Waals surface area contributed by atoms with Crippen LogP contribution in [0.3, 0.4) is 0 Å². The van der Waals surface area contributed by atoms with Crippen LogP contribution in [0.1, 0.15) is 34.5 Å². The van der Waals surface area contributed by atoms with Crippen LogP contribution in [0, 0.1) is 6.92 Å². The van der Waals surface area contributed by atoms with Gasteiger partial charge in [-0.25, -0.2) is 9.78 Å². The Kier molecular flexibility index (Phi) is 4.20. The Bertz CT molecular complexity index is 627. The summed E-state index contributed by atoms with van der Waals surface area (Å²) >= 11 is 1.61. The molecule has 1 aliphatic carbocycles. The highest BCUT2D eigenvalue weighted by molar-refractivity contribution is 7.15. The van der Waals surface area contributed by atoms with Gasteiger partial charge in [0, 0.05) is 11.4 Å². The number of anilines is 1. The second-order valence-corrected chi connectivity index (χ2v) is 6.41. The monoisotopic (exact) mass is 301 g/mol. The highest BCUT2D eigenvalue weighted by Gasteiger charge is 2.16. The van der Waals surface area contributed by atoms with Crippen molar-refractivity contribution in [2.24, 2.45) is 0 Å². The fourth-order valence-electron chi connectivity index (χ4n) is 2.53. The highest BCUT2D eigenvalue weighted by Crippen LogP contribution is 2.29. The maximum Gasteiger partial charge on any atom is 0.321 e. The van der Waals surface area contributed by atoms with E-state index >= 15 is 0 Å². The van der Waals surface area contributed by atoms with Gasteiger partial charge in [0.15, 0.2) is 5.13 Å². The lowest BCUT2D eigenvalue weighted by molar-refractivity contribution is 0.251. The quantitative estimate of drug-likeness (QED) is 0.909. The second kappa shape index (κ2) is 6.26. The smallest absolute Gasteiger partial charge is 0.321 e. The molecule has 0 saturated heterocycles. The molecule has 1 aromatic heterocycles. The second-order valence-electron chi connectivity index (χ2n) is 5.33. The summed E-state index contributed by atoms with van der Waals surface area (Å²) in [7, 11) is 0. The van der Waals surface area contributed by atoms with Crippen molar-refractivity contribution >= 4 is 22.5 Å². The molecular formula is C16H19N3OS. The third-order valence-electron chi connectivity index (χ3n) is 3.77. The predicted molar refractivity (Wildman–Crippen MR) is 85.8 cm³/mol. The van der Waals surface area contributed by atoms with E-state index in [0.29, 0.717) is 11.7 Å². The molecule has 0 aliphatic heterocycles. The van der Waals surface area contributed by atoms with E-state index in [0.717, 1.165) is 18.4 Å². The van der Waals surface area contributed by atoms with Gasteiger partial charge in [0.2, 0.25) is 0 Å². The molecule has 0 fully saturated rings.